The Morgan fingerprint density at radius 1 is 0.960 bits per heavy atom. The van der Waals surface area contributed by atoms with Crippen molar-refractivity contribution in [2.24, 2.45) is 0 Å². The Balaban J connectivity index is 1.55. The number of aromatic nitrogens is 3. The van der Waals surface area contributed by atoms with Gasteiger partial charge in [0, 0.05) is 23.2 Å². The normalized spacial score (nSPS) is 11.4. The van der Waals surface area contributed by atoms with E-state index in [9.17, 15) is 0 Å². The Bertz CT molecular complexity index is 1040. The van der Waals surface area contributed by atoms with Gasteiger partial charge in [0.05, 0.1) is 11.9 Å². The Morgan fingerprint density at radius 2 is 1.84 bits per heavy atom. The molecule has 0 atom stereocenters. The third kappa shape index (κ3) is 3.48. The van der Waals surface area contributed by atoms with Crippen LogP contribution >= 0.6 is 0 Å². The molecule has 0 spiro atoms. The van der Waals surface area contributed by atoms with Gasteiger partial charge >= 0.3 is 0 Å². The van der Waals surface area contributed by atoms with E-state index in [1.807, 2.05) is 48.6 Å². The lowest BCUT2D eigenvalue weighted by molar-refractivity contribution is 0.496. The summed E-state index contributed by atoms with van der Waals surface area (Å²) in [5.41, 5.74) is 4.37. The number of hydrogen-bond acceptors (Lipinski definition) is 4. The molecule has 2 aromatic carbocycles. The molecule has 0 radical (unpaired) electrons. The van der Waals surface area contributed by atoms with Gasteiger partial charge in [-0.25, -0.2) is 0 Å². The molecule has 0 aliphatic rings. The average Bonchev–Trinajstić information content (AvgIpc) is 3.07. The van der Waals surface area contributed by atoms with Crippen LogP contribution in [-0.4, -0.2) is 15.2 Å². The van der Waals surface area contributed by atoms with Gasteiger partial charge in [-0.1, -0.05) is 54.1 Å². The van der Waals surface area contributed by atoms with E-state index in [2.05, 4.69) is 40.3 Å². The van der Waals surface area contributed by atoms with E-state index in [0.29, 0.717) is 18.2 Å². The lowest BCUT2D eigenvalue weighted by atomic mass is 10.1. The second-order valence-electron chi connectivity index (χ2n) is 5.96. The second kappa shape index (κ2) is 6.69. The van der Waals surface area contributed by atoms with Gasteiger partial charge < -0.3 is 4.42 Å². The van der Waals surface area contributed by atoms with Gasteiger partial charge in [-0.15, -0.1) is 10.2 Å². The lowest BCUT2D eigenvalue weighted by Gasteiger charge is -1.99. The average molecular weight is 327 g/mol. The maximum atomic E-state index is 5.73. The number of para-hydroxylation sites is 1. The molecule has 4 heteroatoms. The van der Waals surface area contributed by atoms with Crippen molar-refractivity contribution in [1.29, 1.82) is 0 Å². The van der Waals surface area contributed by atoms with E-state index >= 15 is 0 Å². The molecule has 2 aromatic heterocycles. The van der Waals surface area contributed by atoms with E-state index in [0.717, 1.165) is 22.0 Å². The highest BCUT2D eigenvalue weighted by Gasteiger charge is 2.05. The first kappa shape index (κ1) is 15.3. The van der Waals surface area contributed by atoms with Crippen molar-refractivity contribution in [3.63, 3.8) is 0 Å². The van der Waals surface area contributed by atoms with Crippen LogP contribution in [0.4, 0.5) is 0 Å². The largest absolute Gasteiger partial charge is 0.421 e. The predicted molar refractivity (Wildman–Crippen MR) is 99.0 cm³/mol. The topological polar surface area (TPSA) is 51.8 Å². The summed E-state index contributed by atoms with van der Waals surface area (Å²) in [5, 5.41) is 9.35. The third-order valence-corrected chi connectivity index (χ3v) is 3.99. The van der Waals surface area contributed by atoms with Crippen LogP contribution in [0, 0.1) is 6.92 Å². The van der Waals surface area contributed by atoms with Gasteiger partial charge in [-0.05, 0) is 24.6 Å². The standard InChI is InChI=1S/C21H17N3O/c1-15-5-2-6-16(13-15)14-20-24-23-19(25-20)11-10-18-8-3-7-17-9-4-12-22-21(17)18/h2-13H,14H2,1H3/b11-10+. The molecule has 4 rings (SSSR count). The van der Waals surface area contributed by atoms with Crippen molar-refractivity contribution in [2.45, 2.75) is 13.3 Å². The minimum Gasteiger partial charge on any atom is -0.421 e. The maximum absolute atomic E-state index is 5.73. The van der Waals surface area contributed by atoms with Crippen LogP contribution in [0.5, 0.6) is 0 Å². The van der Waals surface area contributed by atoms with Gasteiger partial charge in [0.1, 0.15) is 0 Å². The Hall–Kier alpha value is -3.27. The van der Waals surface area contributed by atoms with Crippen LogP contribution in [-0.2, 0) is 6.42 Å². The van der Waals surface area contributed by atoms with Crippen LogP contribution < -0.4 is 0 Å². The fourth-order valence-electron chi connectivity index (χ4n) is 2.83. The first-order valence-electron chi connectivity index (χ1n) is 8.18. The molecule has 0 aliphatic heterocycles. The van der Waals surface area contributed by atoms with Crippen molar-refractivity contribution < 1.29 is 4.42 Å². The Morgan fingerprint density at radius 3 is 2.76 bits per heavy atom. The molecule has 0 amide bonds. The van der Waals surface area contributed by atoms with Crippen LogP contribution in [0.2, 0.25) is 0 Å². The molecule has 0 N–H and O–H groups in total. The maximum Gasteiger partial charge on any atom is 0.240 e. The van der Waals surface area contributed by atoms with Crippen molar-refractivity contribution >= 4 is 23.1 Å². The minimum atomic E-state index is 0.496. The summed E-state index contributed by atoms with van der Waals surface area (Å²) in [7, 11) is 0. The molecule has 0 saturated carbocycles. The highest BCUT2D eigenvalue weighted by molar-refractivity contribution is 5.89. The number of aryl methyl sites for hydroxylation is 1. The van der Waals surface area contributed by atoms with Gasteiger partial charge in [-0.3, -0.25) is 4.98 Å². The van der Waals surface area contributed by atoms with Crippen molar-refractivity contribution in [3.05, 3.63) is 89.3 Å². The fraction of sp³-hybridized carbons (Fsp3) is 0.0952. The molecular formula is C21H17N3O. The van der Waals surface area contributed by atoms with Gasteiger partial charge in [0.2, 0.25) is 11.8 Å². The predicted octanol–water partition coefficient (Wildman–Crippen LogP) is 4.69. The molecule has 0 unspecified atom stereocenters. The second-order valence-corrected chi connectivity index (χ2v) is 5.96. The zero-order valence-corrected chi connectivity index (χ0v) is 13.9. The van der Waals surface area contributed by atoms with E-state index in [1.165, 1.54) is 5.56 Å². The summed E-state index contributed by atoms with van der Waals surface area (Å²) in [6, 6.07) is 18.4. The van der Waals surface area contributed by atoms with Crippen LogP contribution in [0.15, 0.2) is 65.2 Å². The SMILES string of the molecule is Cc1cccc(Cc2nnc(/C=C/c3cccc4cccnc34)o2)c1. The molecule has 0 bridgehead atoms. The highest BCUT2D eigenvalue weighted by Crippen LogP contribution is 2.18. The fourth-order valence-corrected chi connectivity index (χ4v) is 2.83. The number of rotatable bonds is 4. The first-order valence-corrected chi connectivity index (χ1v) is 8.18. The zero-order valence-electron chi connectivity index (χ0n) is 13.9. The summed E-state index contributed by atoms with van der Waals surface area (Å²) in [6.07, 6.45) is 6.22. The van der Waals surface area contributed by atoms with Crippen molar-refractivity contribution in [3.8, 4) is 0 Å². The van der Waals surface area contributed by atoms with Crippen molar-refractivity contribution in [1.82, 2.24) is 15.2 Å². The monoisotopic (exact) mass is 327 g/mol. The van der Waals surface area contributed by atoms with Crippen LogP contribution in [0.25, 0.3) is 23.1 Å². The summed E-state index contributed by atoms with van der Waals surface area (Å²) >= 11 is 0. The quantitative estimate of drug-likeness (QED) is 0.546. The molecule has 0 fully saturated rings. The highest BCUT2D eigenvalue weighted by atomic mass is 16.4. The molecule has 122 valence electrons. The first-order chi connectivity index (χ1) is 12.3. The Kier molecular flexibility index (Phi) is 4.09. The molecule has 4 aromatic rings. The summed E-state index contributed by atoms with van der Waals surface area (Å²) in [4.78, 5) is 4.44. The van der Waals surface area contributed by atoms with E-state index in [-0.39, 0.29) is 0 Å². The van der Waals surface area contributed by atoms with Gasteiger partial charge in [0.25, 0.3) is 0 Å². The van der Waals surface area contributed by atoms with E-state index in [1.54, 1.807) is 6.20 Å². The van der Waals surface area contributed by atoms with Crippen molar-refractivity contribution in [2.75, 3.05) is 0 Å². The van der Waals surface area contributed by atoms with Gasteiger partial charge in [0.15, 0.2) is 0 Å². The lowest BCUT2D eigenvalue weighted by Crippen LogP contribution is -1.88. The molecule has 2 heterocycles. The number of benzene rings is 2. The third-order valence-electron chi connectivity index (χ3n) is 3.99. The van der Waals surface area contributed by atoms with Crippen LogP contribution in [0.1, 0.15) is 28.5 Å². The molecule has 0 aliphatic carbocycles. The molecular weight excluding hydrogens is 310 g/mol. The van der Waals surface area contributed by atoms with E-state index in [4.69, 9.17) is 4.42 Å². The number of nitrogens with zero attached hydrogens (tertiary/aromatic N) is 3. The molecule has 0 saturated heterocycles. The number of pyridine rings is 1. The van der Waals surface area contributed by atoms with E-state index < -0.39 is 0 Å². The van der Waals surface area contributed by atoms with Crippen LogP contribution in [0.3, 0.4) is 0 Å². The summed E-state index contributed by atoms with van der Waals surface area (Å²) in [6.45, 7) is 2.07. The number of fused-ring (bicyclic) bond motifs is 1. The smallest absolute Gasteiger partial charge is 0.240 e. The summed E-state index contributed by atoms with van der Waals surface area (Å²) < 4.78 is 5.73. The minimum absolute atomic E-state index is 0.496. The number of hydrogen-bond donors (Lipinski definition) is 0. The Labute approximate surface area is 145 Å². The zero-order chi connectivity index (χ0) is 17.1. The summed E-state index contributed by atoms with van der Waals surface area (Å²) in [5.74, 6) is 1.11. The molecule has 4 nitrogen and oxygen atoms in total. The molecule has 25 heavy (non-hydrogen) atoms. The van der Waals surface area contributed by atoms with Gasteiger partial charge in [-0.2, -0.15) is 0 Å².